The zero-order valence-corrected chi connectivity index (χ0v) is 15.3. The molecular formula is C20H10F6N4O. The van der Waals surface area contributed by atoms with Gasteiger partial charge in [-0.05, 0) is 30.3 Å². The van der Waals surface area contributed by atoms with Gasteiger partial charge in [-0.3, -0.25) is 0 Å². The molecule has 11 heteroatoms. The monoisotopic (exact) mass is 436 g/mol. The Morgan fingerprint density at radius 1 is 1.00 bits per heavy atom. The van der Waals surface area contributed by atoms with Gasteiger partial charge >= 0.3 is 12.4 Å². The van der Waals surface area contributed by atoms with Crippen LogP contribution in [0.3, 0.4) is 0 Å². The molecule has 0 radical (unpaired) electrons. The minimum absolute atomic E-state index is 0.0620. The van der Waals surface area contributed by atoms with Crippen molar-refractivity contribution in [3.05, 3.63) is 77.0 Å². The number of rotatable bonds is 3. The fraction of sp³-hybridized carbons (Fsp3) is 0.150. The van der Waals surface area contributed by atoms with Crippen LogP contribution >= 0.6 is 0 Å². The van der Waals surface area contributed by atoms with Crippen LogP contribution in [0.1, 0.15) is 17.0 Å². The molecule has 31 heavy (non-hydrogen) atoms. The van der Waals surface area contributed by atoms with Crippen LogP contribution in [0.2, 0.25) is 0 Å². The van der Waals surface area contributed by atoms with Crippen LogP contribution in [0.4, 0.5) is 32.0 Å². The number of fused-ring (bicyclic) bond motifs is 1. The second-order valence-electron chi connectivity index (χ2n) is 6.54. The van der Waals surface area contributed by atoms with Gasteiger partial charge in [-0.25, -0.2) is 4.85 Å². The van der Waals surface area contributed by atoms with Crippen molar-refractivity contribution in [3.8, 4) is 11.5 Å². The molecule has 5 nitrogen and oxygen atoms in total. The quantitative estimate of drug-likeness (QED) is 0.279. The lowest BCUT2D eigenvalue weighted by Gasteiger charge is -2.11. The molecule has 2 aromatic heterocycles. The highest BCUT2D eigenvalue weighted by atomic mass is 19.4. The minimum atomic E-state index is -4.71. The zero-order valence-electron chi connectivity index (χ0n) is 15.3. The van der Waals surface area contributed by atoms with Gasteiger partial charge in [0.15, 0.2) is 11.5 Å². The Hall–Kier alpha value is -3.81. The van der Waals surface area contributed by atoms with E-state index in [1.54, 1.807) is 0 Å². The number of hydrogen-bond acceptors (Lipinski definition) is 3. The molecule has 2 heterocycles. The number of alkyl halides is 6. The summed E-state index contributed by atoms with van der Waals surface area (Å²) in [6, 6.07) is 8.05. The lowest BCUT2D eigenvalue weighted by Crippen LogP contribution is -2.06. The molecule has 0 amide bonds. The molecule has 0 bridgehead atoms. The third-order valence-electron chi connectivity index (χ3n) is 4.55. The average Bonchev–Trinajstić information content (AvgIpc) is 3.33. The number of aromatic nitrogens is 3. The summed E-state index contributed by atoms with van der Waals surface area (Å²) in [6.45, 7) is 6.90. The second-order valence-corrected chi connectivity index (χ2v) is 6.54. The van der Waals surface area contributed by atoms with E-state index in [1.807, 2.05) is 0 Å². The van der Waals surface area contributed by atoms with E-state index in [9.17, 15) is 26.3 Å². The molecular weight excluding hydrogens is 426 g/mol. The van der Waals surface area contributed by atoms with Crippen molar-refractivity contribution in [2.75, 3.05) is 0 Å². The molecule has 0 aliphatic heterocycles. The molecule has 158 valence electrons. The number of benzene rings is 2. The van der Waals surface area contributed by atoms with Crippen molar-refractivity contribution in [3.63, 3.8) is 0 Å². The Kier molecular flexibility index (Phi) is 4.72. The smallest absolute Gasteiger partial charge is 0.340 e. The van der Waals surface area contributed by atoms with Crippen molar-refractivity contribution in [1.29, 1.82) is 0 Å². The Morgan fingerprint density at radius 2 is 1.77 bits per heavy atom. The third kappa shape index (κ3) is 3.84. The standard InChI is InChI=1S/C20H10F6N4O/c1-27-14-5-6-15-13(17(14)20(24,25)26)7-8-30(15)10-16-28-18(31-29-16)11-3-2-4-12(9-11)19(21,22)23/h2-9H,10H2. The maximum Gasteiger partial charge on any atom is 0.416 e. The Labute approximate surface area is 170 Å². The molecule has 0 unspecified atom stereocenters. The minimum Gasteiger partial charge on any atom is -0.340 e. The van der Waals surface area contributed by atoms with Gasteiger partial charge in [0, 0.05) is 22.7 Å². The van der Waals surface area contributed by atoms with Gasteiger partial charge in [0.05, 0.1) is 24.2 Å². The molecule has 4 rings (SSSR count). The molecule has 0 atom stereocenters. The normalized spacial score (nSPS) is 12.3. The summed E-state index contributed by atoms with van der Waals surface area (Å²) in [7, 11) is 0. The summed E-state index contributed by atoms with van der Waals surface area (Å²) < 4.78 is 85.4. The first-order chi connectivity index (χ1) is 14.6. The van der Waals surface area contributed by atoms with Crippen LogP contribution in [-0.4, -0.2) is 14.7 Å². The van der Waals surface area contributed by atoms with Crippen molar-refractivity contribution >= 4 is 16.6 Å². The molecule has 0 fully saturated rings. The maximum atomic E-state index is 13.4. The molecule has 0 N–H and O–H groups in total. The van der Waals surface area contributed by atoms with Gasteiger partial charge in [-0.1, -0.05) is 17.3 Å². The maximum absolute atomic E-state index is 13.4. The van der Waals surface area contributed by atoms with Crippen molar-refractivity contribution < 1.29 is 30.9 Å². The summed E-state index contributed by atoms with van der Waals surface area (Å²) in [5.74, 6) is -0.0865. The van der Waals surface area contributed by atoms with E-state index in [4.69, 9.17) is 11.1 Å². The molecule has 0 saturated carbocycles. The highest BCUT2D eigenvalue weighted by Gasteiger charge is 2.36. The predicted octanol–water partition coefficient (Wildman–Crippen LogP) is 6.33. The molecule has 0 aliphatic rings. The largest absolute Gasteiger partial charge is 0.416 e. The molecule has 2 aromatic carbocycles. The summed E-state index contributed by atoms with van der Waals surface area (Å²) in [6.07, 6.45) is -7.87. The fourth-order valence-corrected chi connectivity index (χ4v) is 3.21. The summed E-state index contributed by atoms with van der Waals surface area (Å²) >= 11 is 0. The number of nitrogens with zero attached hydrogens (tertiary/aromatic N) is 4. The molecule has 0 aliphatic carbocycles. The number of halogens is 6. The molecule has 0 spiro atoms. The van der Waals surface area contributed by atoms with Gasteiger partial charge in [-0.15, -0.1) is 0 Å². The lowest BCUT2D eigenvalue weighted by atomic mass is 10.1. The highest BCUT2D eigenvalue weighted by Crippen LogP contribution is 2.41. The van der Waals surface area contributed by atoms with Crippen molar-refractivity contribution in [1.82, 2.24) is 14.7 Å². The predicted molar refractivity (Wildman–Crippen MR) is 97.0 cm³/mol. The van der Waals surface area contributed by atoms with Crippen LogP contribution in [0.15, 0.2) is 53.2 Å². The summed E-state index contributed by atoms with van der Waals surface area (Å²) in [4.78, 5) is 7.00. The van der Waals surface area contributed by atoms with E-state index < -0.39 is 29.2 Å². The first-order valence-electron chi connectivity index (χ1n) is 8.64. The average molecular weight is 436 g/mol. The van der Waals surface area contributed by atoms with Gasteiger partial charge in [0.25, 0.3) is 5.89 Å². The van der Waals surface area contributed by atoms with Crippen LogP contribution in [0.25, 0.3) is 27.2 Å². The van der Waals surface area contributed by atoms with Gasteiger partial charge in [0.2, 0.25) is 0 Å². The van der Waals surface area contributed by atoms with Crippen LogP contribution in [-0.2, 0) is 18.9 Å². The van der Waals surface area contributed by atoms with E-state index in [2.05, 4.69) is 15.0 Å². The van der Waals surface area contributed by atoms with Gasteiger partial charge < -0.3 is 9.09 Å². The first kappa shape index (κ1) is 20.5. The third-order valence-corrected chi connectivity index (χ3v) is 4.55. The van der Waals surface area contributed by atoms with Crippen LogP contribution in [0.5, 0.6) is 0 Å². The van der Waals surface area contributed by atoms with E-state index in [0.717, 1.165) is 18.2 Å². The summed E-state index contributed by atoms with van der Waals surface area (Å²) in [5, 5.41) is 3.56. The topological polar surface area (TPSA) is 48.2 Å². The lowest BCUT2D eigenvalue weighted by molar-refractivity contribution is -0.137. The first-order valence-corrected chi connectivity index (χ1v) is 8.64. The van der Waals surface area contributed by atoms with E-state index in [1.165, 1.54) is 35.0 Å². The van der Waals surface area contributed by atoms with E-state index in [-0.39, 0.29) is 34.7 Å². The Morgan fingerprint density at radius 3 is 2.45 bits per heavy atom. The fourth-order valence-electron chi connectivity index (χ4n) is 3.21. The Bertz CT molecular complexity index is 1310. The van der Waals surface area contributed by atoms with E-state index in [0.29, 0.717) is 0 Å². The second kappa shape index (κ2) is 7.16. The number of hydrogen-bond donors (Lipinski definition) is 0. The highest BCUT2D eigenvalue weighted by molar-refractivity contribution is 5.89. The molecule has 0 saturated heterocycles. The van der Waals surface area contributed by atoms with Crippen LogP contribution in [0, 0.1) is 6.57 Å². The van der Waals surface area contributed by atoms with E-state index >= 15 is 0 Å². The van der Waals surface area contributed by atoms with Crippen LogP contribution < -0.4 is 0 Å². The zero-order chi connectivity index (χ0) is 22.4. The SMILES string of the molecule is [C-]#[N+]c1ccc2c(ccn2Cc2noc(-c3cccc(C(F)(F)F)c3)n2)c1C(F)(F)F. The van der Waals surface area contributed by atoms with Crippen molar-refractivity contribution in [2.45, 2.75) is 18.9 Å². The van der Waals surface area contributed by atoms with Gasteiger partial charge in [0.1, 0.15) is 0 Å². The van der Waals surface area contributed by atoms with Crippen molar-refractivity contribution in [2.24, 2.45) is 0 Å². The van der Waals surface area contributed by atoms with Gasteiger partial charge in [-0.2, -0.15) is 31.3 Å². The summed E-state index contributed by atoms with van der Waals surface area (Å²) in [5.41, 5.74) is -2.16. The Balaban J connectivity index is 1.68. The molecule has 4 aromatic rings.